The Balaban J connectivity index is 1.91. The lowest BCUT2D eigenvalue weighted by atomic mass is 9.62. The molecule has 3 rings (SSSR count). The molecule has 4 heteroatoms. The van der Waals surface area contributed by atoms with Gasteiger partial charge in [-0.1, -0.05) is 0 Å². The van der Waals surface area contributed by atoms with Gasteiger partial charge < -0.3 is 14.8 Å². The van der Waals surface area contributed by atoms with Crippen molar-refractivity contribution >= 4 is 5.91 Å². The lowest BCUT2D eigenvalue weighted by Gasteiger charge is -2.49. The van der Waals surface area contributed by atoms with E-state index < -0.39 is 0 Å². The molecule has 4 nitrogen and oxygen atoms in total. The maximum Gasteiger partial charge on any atom is 0.221 e. The minimum Gasteiger partial charge on any atom is -0.381 e. The van der Waals surface area contributed by atoms with Crippen LogP contribution in [-0.4, -0.2) is 37.9 Å². The predicted octanol–water partition coefficient (Wildman–Crippen LogP) is 0.852. The van der Waals surface area contributed by atoms with Crippen molar-refractivity contribution in [3.63, 3.8) is 0 Å². The molecular formula is C12H19NO3. The van der Waals surface area contributed by atoms with Gasteiger partial charge in [0.1, 0.15) is 0 Å². The SMILES string of the molecule is O=C1CC2(CCOCC2)C2(CCOCC2)N1. The maximum absolute atomic E-state index is 11.8. The summed E-state index contributed by atoms with van der Waals surface area (Å²) in [6.45, 7) is 3.17. The van der Waals surface area contributed by atoms with Gasteiger partial charge in [0.2, 0.25) is 5.91 Å². The minimum absolute atomic E-state index is 0.00606. The normalized spacial score (nSPS) is 31.9. The molecule has 0 aromatic heterocycles. The standard InChI is InChI=1S/C12H19NO3/c14-10-9-11(1-5-15-6-2-11)12(13-10)3-7-16-8-4-12/h1-9H2,(H,13,14). The summed E-state index contributed by atoms with van der Waals surface area (Å²) in [4.78, 5) is 11.8. The van der Waals surface area contributed by atoms with Crippen LogP contribution in [0.25, 0.3) is 0 Å². The summed E-state index contributed by atoms with van der Waals surface area (Å²) in [5.41, 5.74) is 0.151. The van der Waals surface area contributed by atoms with E-state index in [-0.39, 0.29) is 16.9 Å². The fourth-order valence-electron chi connectivity index (χ4n) is 3.71. The van der Waals surface area contributed by atoms with Crippen molar-refractivity contribution in [3.8, 4) is 0 Å². The monoisotopic (exact) mass is 225 g/mol. The smallest absolute Gasteiger partial charge is 0.221 e. The van der Waals surface area contributed by atoms with Crippen LogP contribution < -0.4 is 5.32 Å². The summed E-state index contributed by atoms with van der Waals surface area (Å²) in [5.74, 6) is 0.226. The average molecular weight is 225 g/mol. The van der Waals surface area contributed by atoms with Crippen LogP contribution in [0.15, 0.2) is 0 Å². The molecule has 90 valence electrons. The second kappa shape index (κ2) is 3.70. The van der Waals surface area contributed by atoms with Crippen molar-refractivity contribution in [1.29, 1.82) is 0 Å². The molecule has 0 unspecified atom stereocenters. The molecule has 16 heavy (non-hydrogen) atoms. The van der Waals surface area contributed by atoms with Crippen LogP contribution in [0.5, 0.6) is 0 Å². The number of amides is 1. The fraction of sp³-hybridized carbons (Fsp3) is 0.917. The number of hydrogen-bond acceptors (Lipinski definition) is 3. The van der Waals surface area contributed by atoms with Crippen LogP contribution in [0.3, 0.4) is 0 Å². The Kier molecular flexibility index (Phi) is 2.44. The molecule has 0 aliphatic carbocycles. The molecule has 3 heterocycles. The van der Waals surface area contributed by atoms with Gasteiger partial charge in [-0.3, -0.25) is 4.79 Å². The Morgan fingerprint density at radius 1 is 0.938 bits per heavy atom. The molecule has 3 fully saturated rings. The Morgan fingerprint density at radius 2 is 1.50 bits per heavy atom. The van der Waals surface area contributed by atoms with Crippen LogP contribution in [0.2, 0.25) is 0 Å². The van der Waals surface area contributed by atoms with E-state index in [9.17, 15) is 4.79 Å². The van der Waals surface area contributed by atoms with Crippen LogP contribution in [-0.2, 0) is 14.3 Å². The zero-order valence-electron chi connectivity index (χ0n) is 9.59. The highest BCUT2D eigenvalue weighted by atomic mass is 16.5. The first-order chi connectivity index (χ1) is 7.77. The number of carbonyl (C=O) groups is 1. The highest BCUT2D eigenvalue weighted by Gasteiger charge is 2.58. The molecule has 0 aromatic rings. The zero-order chi connectivity index (χ0) is 11.1. The molecule has 0 aromatic carbocycles. The molecule has 3 saturated heterocycles. The number of rotatable bonds is 0. The van der Waals surface area contributed by atoms with Gasteiger partial charge in [0, 0.05) is 38.3 Å². The molecule has 0 bridgehead atoms. The molecule has 3 aliphatic rings. The lowest BCUT2D eigenvalue weighted by molar-refractivity contribution is -0.120. The topological polar surface area (TPSA) is 47.6 Å². The summed E-state index contributed by atoms with van der Waals surface area (Å²) in [7, 11) is 0. The maximum atomic E-state index is 11.8. The first-order valence-corrected chi connectivity index (χ1v) is 6.23. The number of carbonyl (C=O) groups excluding carboxylic acids is 1. The number of nitrogens with one attached hydrogen (secondary N) is 1. The van der Waals surface area contributed by atoms with E-state index in [1.54, 1.807) is 0 Å². The van der Waals surface area contributed by atoms with Gasteiger partial charge >= 0.3 is 0 Å². The van der Waals surface area contributed by atoms with E-state index >= 15 is 0 Å². The van der Waals surface area contributed by atoms with Gasteiger partial charge in [-0.15, -0.1) is 0 Å². The number of ether oxygens (including phenoxy) is 2. The molecule has 1 amide bonds. The van der Waals surface area contributed by atoms with Crippen LogP contribution in [0.4, 0.5) is 0 Å². The van der Waals surface area contributed by atoms with Crippen molar-refractivity contribution < 1.29 is 14.3 Å². The second-order valence-corrected chi connectivity index (χ2v) is 5.31. The van der Waals surface area contributed by atoms with Crippen LogP contribution in [0.1, 0.15) is 32.1 Å². The molecule has 3 aliphatic heterocycles. The molecule has 2 spiro atoms. The van der Waals surface area contributed by atoms with E-state index in [1.807, 2.05) is 0 Å². The summed E-state index contributed by atoms with van der Waals surface area (Å²) in [5, 5.41) is 3.26. The van der Waals surface area contributed by atoms with Gasteiger partial charge in [-0.25, -0.2) is 0 Å². The molecule has 1 N–H and O–H groups in total. The third-order valence-corrected chi connectivity index (χ3v) is 4.69. The Labute approximate surface area is 95.7 Å². The molecule has 0 atom stereocenters. The largest absolute Gasteiger partial charge is 0.381 e. The van der Waals surface area contributed by atoms with E-state index in [0.29, 0.717) is 6.42 Å². The molecule has 0 saturated carbocycles. The van der Waals surface area contributed by atoms with Crippen molar-refractivity contribution in [2.24, 2.45) is 5.41 Å². The third-order valence-electron chi connectivity index (χ3n) is 4.69. The summed E-state index contributed by atoms with van der Waals surface area (Å²) >= 11 is 0. The first-order valence-electron chi connectivity index (χ1n) is 6.23. The van der Waals surface area contributed by atoms with Crippen molar-refractivity contribution in [2.45, 2.75) is 37.6 Å². The van der Waals surface area contributed by atoms with E-state index in [1.165, 1.54) is 0 Å². The highest BCUT2D eigenvalue weighted by Crippen LogP contribution is 2.52. The average Bonchev–Trinajstić information content (AvgIpc) is 2.53. The van der Waals surface area contributed by atoms with Gasteiger partial charge in [-0.2, -0.15) is 0 Å². The van der Waals surface area contributed by atoms with Gasteiger partial charge in [0.05, 0.1) is 5.54 Å². The van der Waals surface area contributed by atoms with Crippen molar-refractivity contribution in [3.05, 3.63) is 0 Å². The second-order valence-electron chi connectivity index (χ2n) is 5.31. The van der Waals surface area contributed by atoms with E-state index in [0.717, 1.165) is 52.1 Å². The zero-order valence-corrected chi connectivity index (χ0v) is 9.59. The fourth-order valence-corrected chi connectivity index (χ4v) is 3.71. The quantitative estimate of drug-likeness (QED) is 0.665. The summed E-state index contributed by atoms with van der Waals surface area (Å²) in [6.07, 6.45) is 4.67. The molecular weight excluding hydrogens is 206 g/mol. The van der Waals surface area contributed by atoms with Crippen molar-refractivity contribution in [2.75, 3.05) is 26.4 Å². The van der Waals surface area contributed by atoms with E-state index in [2.05, 4.69) is 5.32 Å². The van der Waals surface area contributed by atoms with Gasteiger partial charge in [-0.05, 0) is 25.7 Å². The highest BCUT2D eigenvalue weighted by molar-refractivity contribution is 5.81. The van der Waals surface area contributed by atoms with E-state index in [4.69, 9.17) is 9.47 Å². The van der Waals surface area contributed by atoms with Gasteiger partial charge in [0.15, 0.2) is 0 Å². The Bertz CT molecular complexity index is 263. The third kappa shape index (κ3) is 1.39. The first kappa shape index (κ1) is 10.5. The minimum atomic E-state index is 0.00606. The number of fused-ring (bicyclic) bond motifs is 1. The Morgan fingerprint density at radius 3 is 2.12 bits per heavy atom. The van der Waals surface area contributed by atoms with Gasteiger partial charge in [0.25, 0.3) is 0 Å². The number of hydrogen-bond donors (Lipinski definition) is 1. The van der Waals surface area contributed by atoms with Crippen molar-refractivity contribution in [1.82, 2.24) is 5.32 Å². The predicted molar refractivity (Wildman–Crippen MR) is 58.0 cm³/mol. The van der Waals surface area contributed by atoms with Crippen LogP contribution >= 0.6 is 0 Å². The molecule has 0 radical (unpaired) electrons. The Hall–Kier alpha value is -0.610. The lowest BCUT2D eigenvalue weighted by Crippen LogP contribution is -2.57. The summed E-state index contributed by atoms with van der Waals surface area (Å²) < 4.78 is 10.9. The summed E-state index contributed by atoms with van der Waals surface area (Å²) in [6, 6.07) is 0. The van der Waals surface area contributed by atoms with Crippen LogP contribution in [0, 0.1) is 5.41 Å².